The molecule has 0 radical (unpaired) electrons. The summed E-state index contributed by atoms with van der Waals surface area (Å²) in [6.45, 7) is 0. The molecule has 0 atom stereocenters. The van der Waals surface area contributed by atoms with Gasteiger partial charge in [0.15, 0.2) is 9.84 Å². The lowest BCUT2D eigenvalue weighted by Gasteiger charge is -2.15. The van der Waals surface area contributed by atoms with E-state index in [0.29, 0.717) is 12.1 Å². The van der Waals surface area contributed by atoms with Gasteiger partial charge in [0, 0.05) is 12.7 Å². The molecule has 0 fully saturated rings. The molecule has 0 saturated heterocycles. The maximum atomic E-state index is 12.5. The van der Waals surface area contributed by atoms with Crippen LogP contribution in [0.3, 0.4) is 0 Å². The molecule has 0 saturated carbocycles. The molecule has 2 rings (SSSR count). The van der Waals surface area contributed by atoms with Crippen molar-refractivity contribution in [3.63, 3.8) is 0 Å². The van der Waals surface area contributed by atoms with E-state index in [9.17, 15) is 13.2 Å². The van der Waals surface area contributed by atoms with Crippen LogP contribution in [-0.4, -0.2) is 39.4 Å². The lowest BCUT2D eigenvalue weighted by atomic mass is 10.2. The normalized spacial score (nSPS) is 11.1. The highest BCUT2D eigenvalue weighted by Crippen LogP contribution is 2.18. The molecular formula is C17H20N2O4S. The fourth-order valence-corrected chi connectivity index (χ4v) is 3.40. The second kappa shape index (κ2) is 7.94. The summed E-state index contributed by atoms with van der Waals surface area (Å²) in [4.78, 5) is 16.7. The molecule has 0 unspecified atom stereocenters. The molecule has 0 bridgehead atoms. The molecule has 6 nitrogen and oxygen atoms in total. The van der Waals surface area contributed by atoms with Crippen molar-refractivity contribution in [2.24, 2.45) is 0 Å². The highest BCUT2D eigenvalue weighted by molar-refractivity contribution is 7.91. The summed E-state index contributed by atoms with van der Waals surface area (Å²) in [5, 5.41) is 3.59. The summed E-state index contributed by atoms with van der Waals surface area (Å²) in [5.74, 6) is 0.00634. The average molecular weight is 348 g/mol. The van der Waals surface area contributed by atoms with Crippen LogP contribution in [0.5, 0.6) is 0 Å². The standard InChI is InChI=1S/C17H20N2O4S/c1-19(23-2)17(20)18-15-9-6-10-16(13-15)24(21,22)12-11-14-7-4-3-5-8-14/h3-10,13H,11-12H2,1-2H3,(H,18,20). The predicted molar refractivity (Wildman–Crippen MR) is 92.4 cm³/mol. The van der Waals surface area contributed by atoms with Gasteiger partial charge in [0.1, 0.15) is 0 Å². The van der Waals surface area contributed by atoms with E-state index in [4.69, 9.17) is 4.84 Å². The van der Waals surface area contributed by atoms with E-state index in [1.807, 2.05) is 30.3 Å². The number of amides is 2. The summed E-state index contributed by atoms with van der Waals surface area (Å²) in [6.07, 6.45) is 0.437. The fourth-order valence-electron chi connectivity index (χ4n) is 2.07. The first-order valence-corrected chi connectivity index (χ1v) is 9.03. The Bertz CT molecular complexity index is 791. The molecule has 0 aliphatic rings. The zero-order valence-electron chi connectivity index (χ0n) is 13.6. The maximum Gasteiger partial charge on any atom is 0.345 e. The van der Waals surface area contributed by atoms with Crippen molar-refractivity contribution in [1.82, 2.24) is 5.06 Å². The molecule has 0 heterocycles. The third kappa shape index (κ3) is 4.81. The average Bonchev–Trinajstić information content (AvgIpc) is 2.60. The lowest BCUT2D eigenvalue weighted by Crippen LogP contribution is -2.30. The fraction of sp³-hybridized carbons (Fsp3) is 0.235. The number of urea groups is 1. The van der Waals surface area contributed by atoms with Crippen LogP contribution in [0.4, 0.5) is 10.5 Å². The van der Waals surface area contributed by atoms with Crippen molar-refractivity contribution in [3.8, 4) is 0 Å². The number of carbonyl (C=O) groups excluding carboxylic acids is 1. The third-order valence-corrected chi connectivity index (χ3v) is 5.22. The molecule has 1 N–H and O–H groups in total. The number of carbonyl (C=O) groups is 1. The lowest BCUT2D eigenvalue weighted by molar-refractivity contribution is -0.0598. The van der Waals surface area contributed by atoms with Gasteiger partial charge in [-0.05, 0) is 30.2 Å². The predicted octanol–water partition coefficient (Wildman–Crippen LogP) is 2.73. The molecule has 0 aromatic heterocycles. The number of benzene rings is 2. The summed E-state index contributed by atoms with van der Waals surface area (Å²) in [6, 6.07) is 15.1. The summed E-state index contributed by atoms with van der Waals surface area (Å²) >= 11 is 0. The number of hydroxylamine groups is 2. The van der Waals surface area contributed by atoms with Crippen LogP contribution in [0, 0.1) is 0 Å². The van der Waals surface area contributed by atoms with Crippen LogP contribution in [0.2, 0.25) is 0 Å². The molecule has 2 amide bonds. The highest BCUT2D eigenvalue weighted by Gasteiger charge is 2.16. The molecule has 2 aromatic carbocycles. The monoisotopic (exact) mass is 348 g/mol. The van der Waals surface area contributed by atoms with Crippen molar-refractivity contribution < 1.29 is 18.0 Å². The highest BCUT2D eigenvalue weighted by atomic mass is 32.2. The molecule has 2 aromatic rings. The van der Waals surface area contributed by atoms with E-state index < -0.39 is 15.9 Å². The Balaban J connectivity index is 2.10. The largest absolute Gasteiger partial charge is 0.345 e. The summed E-state index contributed by atoms with van der Waals surface area (Å²) in [5.41, 5.74) is 1.36. The van der Waals surface area contributed by atoms with Crippen molar-refractivity contribution in [2.45, 2.75) is 11.3 Å². The first-order valence-electron chi connectivity index (χ1n) is 7.38. The minimum atomic E-state index is -3.44. The second-order valence-electron chi connectivity index (χ2n) is 5.19. The van der Waals surface area contributed by atoms with Crippen LogP contribution in [0.15, 0.2) is 59.5 Å². The smallest absolute Gasteiger partial charge is 0.306 e. The van der Waals surface area contributed by atoms with Crippen molar-refractivity contribution in [2.75, 3.05) is 25.2 Å². The van der Waals surface area contributed by atoms with Gasteiger partial charge in [-0.2, -0.15) is 0 Å². The molecule has 128 valence electrons. The van der Waals surface area contributed by atoms with Crippen LogP contribution in [0.1, 0.15) is 5.56 Å². The molecule has 7 heteroatoms. The van der Waals surface area contributed by atoms with Gasteiger partial charge in [0.05, 0.1) is 17.8 Å². The number of aryl methyl sites for hydroxylation is 1. The van der Waals surface area contributed by atoms with Crippen molar-refractivity contribution in [1.29, 1.82) is 0 Å². The number of sulfone groups is 1. The quantitative estimate of drug-likeness (QED) is 0.815. The zero-order chi connectivity index (χ0) is 17.6. The zero-order valence-corrected chi connectivity index (χ0v) is 14.4. The van der Waals surface area contributed by atoms with Gasteiger partial charge >= 0.3 is 6.03 Å². The van der Waals surface area contributed by atoms with E-state index in [0.717, 1.165) is 10.6 Å². The minimum Gasteiger partial charge on any atom is -0.306 e. The number of nitrogens with one attached hydrogen (secondary N) is 1. The van der Waals surface area contributed by atoms with Gasteiger partial charge in [-0.1, -0.05) is 36.4 Å². The topological polar surface area (TPSA) is 75.7 Å². The number of hydrogen-bond donors (Lipinski definition) is 1. The summed E-state index contributed by atoms with van der Waals surface area (Å²) < 4.78 is 25.0. The van der Waals surface area contributed by atoms with Gasteiger partial charge in [-0.3, -0.25) is 4.84 Å². The second-order valence-corrected chi connectivity index (χ2v) is 7.30. The van der Waals surface area contributed by atoms with E-state index in [2.05, 4.69) is 5.32 Å². The maximum absolute atomic E-state index is 12.5. The van der Waals surface area contributed by atoms with Crippen molar-refractivity contribution >= 4 is 21.6 Å². The van der Waals surface area contributed by atoms with Crippen LogP contribution in [-0.2, 0) is 21.1 Å². The molecule has 0 aliphatic heterocycles. The SMILES string of the molecule is CON(C)C(=O)Nc1cccc(S(=O)(=O)CCc2ccccc2)c1. The Kier molecular flexibility index (Phi) is 5.94. The van der Waals surface area contributed by atoms with Gasteiger partial charge in [0.2, 0.25) is 0 Å². The Morgan fingerprint density at radius 2 is 1.83 bits per heavy atom. The molecule has 0 aliphatic carbocycles. The summed E-state index contributed by atoms with van der Waals surface area (Å²) in [7, 11) is -0.619. The first-order chi connectivity index (χ1) is 11.4. The van der Waals surface area contributed by atoms with Crippen LogP contribution < -0.4 is 5.32 Å². The Labute approximate surface area is 141 Å². The first kappa shape index (κ1) is 18.0. The van der Waals surface area contributed by atoms with E-state index in [1.54, 1.807) is 12.1 Å². The van der Waals surface area contributed by atoms with Crippen LogP contribution in [0.25, 0.3) is 0 Å². The minimum absolute atomic E-state index is 0.00634. The van der Waals surface area contributed by atoms with E-state index in [-0.39, 0.29) is 10.6 Å². The van der Waals surface area contributed by atoms with Crippen molar-refractivity contribution in [3.05, 3.63) is 60.2 Å². The Morgan fingerprint density at radius 1 is 1.12 bits per heavy atom. The van der Waals surface area contributed by atoms with Gasteiger partial charge in [-0.25, -0.2) is 18.3 Å². The molecule has 0 spiro atoms. The van der Waals surface area contributed by atoms with E-state index in [1.165, 1.54) is 26.3 Å². The van der Waals surface area contributed by atoms with Gasteiger partial charge < -0.3 is 5.32 Å². The number of hydrogen-bond acceptors (Lipinski definition) is 4. The molecular weight excluding hydrogens is 328 g/mol. The van der Waals surface area contributed by atoms with Gasteiger partial charge in [0.25, 0.3) is 0 Å². The Hall–Kier alpha value is -2.38. The van der Waals surface area contributed by atoms with E-state index >= 15 is 0 Å². The number of nitrogens with zero attached hydrogens (tertiary/aromatic N) is 1. The van der Waals surface area contributed by atoms with Gasteiger partial charge in [-0.15, -0.1) is 0 Å². The number of rotatable bonds is 6. The van der Waals surface area contributed by atoms with Crippen LogP contribution >= 0.6 is 0 Å². The molecule has 24 heavy (non-hydrogen) atoms. The number of anilines is 1. The third-order valence-electron chi connectivity index (χ3n) is 3.51. The Morgan fingerprint density at radius 3 is 2.50 bits per heavy atom.